The molecular weight excluding hydrogens is 270 g/mol. The van der Waals surface area contributed by atoms with Gasteiger partial charge in [-0.2, -0.15) is 5.10 Å². The fraction of sp³-hybridized carbons (Fsp3) is 0.438. The minimum absolute atomic E-state index is 0.246. The van der Waals surface area contributed by atoms with Gasteiger partial charge in [-0.1, -0.05) is 29.8 Å². The number of benzene rings is 1. The van der Waals surface area contributed by atoms with Crippen molar-refractivity contribution < 1.29 is 0 Å². The van der Waals surface area contributed by atoms with Crippen molar-refractivity contribution in [1.82, 2.24) is 15.1 Å². The molecule has 1 atom stereocenters. The van der Waals surface area contributed by atoms with Crippen molar-refractivity contribution in [1.29, 1.82) is 0 Å². The van der Waals surface area contributed by atoms with E-state index >= 15 is 0 Å². The lowest BCUT2D eigenvalue weighted by Gasteiger charge is -2.20. The van der Waals surface area contributed by atoms with E-state index in [1.54, 1.807) is 4.68 Å². The van der Waals surface area contributed by atoms with Crippen LogP contribution in [0.2, 0.25) is 5.15 Å². The third-order valence-electron chi connectivity index (χ3n) is 4.05. The van der Waals surface area contributed by atoms with Crippen molar-refractivity contribution in [2.75, 3.05) is 7.05 Å². The lowest BCUT2D eigenvalue weighted by Crippen LogP contribution is -2.20. The fourth-order valence-electron chi connectivity index (χ4n) is 2.63. The lowest BCUT2D eigenvalue weighted by molar-refractivity contribution is 0.587. The Morgan fingerprint density at radius 1 is 1.30 bits per heavy atom. The molecule has 0 saturated heterocycles. The molecular formula is C16H22ClN3. The molecule has 108 valence electrons. The summed E-state index contributed by atoms with van der Waals surface area (Å²) in [4.78, 5) is 0. The zero-order valence-electron chi connectivity index (χ0n) is 12.8. The number of rotatable bonds is 4. The molecule has 1 unspecified atom stereocenters. The second-order valence-electron chi connectivity index (χ2n) is 5.31. The Morgan fingerprint density at radius 2 is 2.00 bits per heavy atom. The maximum atomic E-state index is 6.35. The monoisotopic (exact) mass is 291 g/mol. The molecule has 0 spiro atoms. The second-order valence-corrected chi connectivity index (χ2v) is 5.67. The van der Waals surface area contributed by atoms with Gasteiger partial charge in [0.25, 0.3) is 0 Å². The molecule has 0 aliphatic carbocycles. The van der Waals surface area contributed by atoms with Crippen molar-refractivity contribution in [3.8, 4) is 0 Å². The SMILES string of the molecule is CNC(Cc1c(C)nn(C)c1Cl)c1cccc(C)c1C. The second kappa shape index (κ2) is 5.98. The molecule has 0 bridgehead atoms. The maximum Gasteiger partial charge on any atom is 0.130 e. The minimum Gasteiger partial charge on any atom is -0.313 e. The predicted molar refractivity (Wildman–Crippen MR) is 84.4 cm³/mol. The van der Waals surface area contributed by atoms with Gasteiger partial charge < -0.3 is 5.32 Å². The molecule has 0 radical (unpaired) electrons. The summed E-state index contributed by atoms with van der Waals surface area (Å²) in [5.41, 5.74) is 6.10. The van der Waals surface area contributed by atoms with E-state index in [1.807, 2.05) is 21.0 Å². The van der Waals surface area contributed by atoms with Gasteiger partial charge in [-0.15, -0.1) is 0 Å². The summed E-state index contributed by atoms with van der Waals surface area (Å²) >= 11 is 6.35. The predicted octanol–water partition coefficient (Wildman–Crippen LogP) is 3.50. The lowest BCUT2D eigenvalue weighted by atomic mass is 9.93. The van der Waals surface area contributed by atoms with Gasteiger partial charge >= 0.3 is 0 Å². The zero-order chi connectivity index (χ0) is 14.9. The van der Waals surface area contributed by atoms with Crippen molar-refractivity contribution >= 4 is 11.6 Å². The van der Waals surface area contributed by atoms with Gasteiger partial charge in [0.2, 0.25) is 0 Å². The van der Waals surface area contributed by atoms with Crippen LogP contribution in [0.5, 0.6) is 0 Å². The average molecular weight is 292 g/mol. The van der Waals surface area contributed by atoms with Gasteiger partial charge in [0.15, 0.2) is 0 Å². The van der Waals surface area contributed by atoms with Crippen LogP contribution in [0.15, 0.2) is 18.2 Å². The van der Waals surface area contributed by atoms with Gasteiger partial charge in [0, 0.05) is 18.7 Å². The Hall–Kier alpha value is -1.32. The number of nitrogens with one attached hydrogen (secondary N) is 1. The molecule has 2 rings (SSSR count). The van der Waals surface area contributed by atoms with Crippen molar-refractivity contribution in [3.05, 3.63) is 51.3 Å². The number of hydrogen-bond donors (Lipinski definition) is 1. The number of aryl methyl sites for hydroxylation is 3. The van der Waals surface area contributed by atoms with Crippen molar-refractivity contribution in [2.24, 2.45) is 7.05 Å². The molecule has 3 nitrogen and oxygen atoms in total. The van der Waals surface area contributed by atoms with E-state index in [-0.39, 0.29) is 6.04 Å². The van der Waals surface area contributed by atoms with E-state index < -0.39 is 0 Å². The van der Waals surface area contributed by atoms with Gasteiger partial charge in [-0.25, -0.2) is 0 Å². The Kier molecular flexibility index (Phi) is 4.51. The van der Waals surface area contributed by atoms with Crippen LogP contribution in [0.4, 0.5) is 0 Å². The van der Waals surface area contributed by atoms with Gasteiger partial charge in [-0.3, -0.25) is 4.68 Å². The molecule has 1 N–H and O–H groups in total. The summed E-state index contributed by atoms with van der Waals surface area (Å²) in [6.07, 6.45) is 0.847. The Bertz CT molecular complexity index is 616. The van der Waals surface area contributed by atoms with E-state index in [0.29, 0.717) is 0 Å². The fourth-order valence-corrected chi connectivity index (χ4v) is 2.88. The Labute approximate surface area is 126 Å². The van der Waals surface area contributed by atoms with E-state index in [9.17, 15) is 0 Å². The molecule has 1 aromatic heterocycles. The van der Waals surface area contributed by atoms with Crippen LogP contribution < -0.4 is 5.32 Å². The van der Waals surface area contributed by atoms with Crippen LogP contribution in [0.3, 0.4) is 0 Å². The number of likely N-dealkylation sites (N-methyl/N-ethyl adjacent to an activating group) is 1. The molecule has 1 heterocycles. The molecule has 0 aliphatic heterocycles. The van der Waals surface area contributed by atoms with Crippen LogP contribution in [0, 0.1) is 20.8 Å². The maximum absolute atomic E-state index is 6.35. The first-order valence-corrected chi connectivity index (χ1v) is 7.24. The Morgan fingerprint density at radius 3 is 2.55 bits per heavy atom. The van der Waals surface area contributed by atoms with Crippen LogP contribution in [-0.2, 0) is 13.5 Å². The van der Waals surface area contributed by atoms with Gasteiger partial charge in [0.1, 0.15) is 5.15 Å². The molecule has 4 heteroatoms. The minimum atomic E-state index is 0.246. The topological polar surface area (TPSA) is 29.9 Å². The molecule has 20 heavy (non-hydrogen) atoms. The third-order valence-corrected chi connectivity index (χ3v) is 4.52. The quantitative estimate of drug-likeness (QED) is 0.934. The number of halogens is 1. The zero-order valence-corrected chi connectivity index (χ0v) is 13.5. The van der Waals surface area contributed by atoms with Crippen LogP contribution in [-0.4, -0.2) is 16.8 Å². The first kappa shape index (κ1) is 15.1. The van der Waals surface area contributed by atoms with E-state index in [4.69, 9.17) is 11.6 Å². The highest BCUT2D eigenvalue weighted by atomic mass is 35.5. The largest absolute Gasteiger partial charge is 0.313 e. The molecule has 2 aromatic rings. The van der Waals surface area contributed by atoms with Crippen molar-refractivity contribution in [3.63, 3.8) is 0 Å². The molecule has 0 saturated carbocycles. The summed E-state index contributed by atoms with van der Waals surface area (Å²) in [6, 6.07) is 6.69. The third kappa shape index (κ3) is 2.74. The first-order chi connectivity index (χ1) is 9.45. The molecule has 0 aliphatic rings. The normalized spacial score (nSPS) is 12.7. The highest BCUT2D eigenvalue weighted by molar-refractivity contribution is 6.30. The molecule has 0 amide bonds. The summed E-state index contributed by atoms with van der Waals surface area (Å²) in [5.74, 6) is 0. The van der Waals surface area contributed by atoms with Crippen LogP contribution >= 0.6 is 11.6 Å². The molecule has 0 fully saturated rings. The van der Waals surface area contributed by atoms with Gasteiger partial charge in [-0.05, 0) is 50.9 Å². The van der Waals surface area contributed by atoms with Crippen LogP contribution in [0.1, 0.15) is 34.0 Å². The van der Waals surface area contributed by atoms with E-state index in [2.05, 4.69) is 42.5 Å². The first-order valence-electron chi connectivity index (χ1n) is 6.87. The Balaban J connectivity index is 2.36. The van der Waals surface area contributed by atoms with Crippen molar-refractivity contribution in [2.45, 2.75) is 33.2 Å². The summed E-state index contributed by atoms with van der Waals surface area (Å²) in [7, 11) is 3.87. The molecule has 1 aromatic carbocycles. The smallest absolute Gasteiger partial charge is 0.130 e. The highest BCUT2D eigenvalue weighted by Gasteiger charge is 2.19. The summed E-state index contributed by atoms with van der Waals surface area (Å²) in [5, 5.41) is 8.52. The summed E-state index contributed by atoms with van der Waals surface area (Å²) in [6.45, 7) is 6.33. The number of nitrogens with zero attached hydrogens (tertiary/aromatic N) is 2. The highest BCUT2D eigenvalue weighted by Crippen LogP contribution is 2.28. The standard InChI is InChI=1S/C16H22ClN3/c1-10-7-6-8-13(11(10)2)15(18-4)9-14-12(3)19-20(5)16(14)17/h6-8,15,18H,9H2,1-5H3. The number of aromatic nitrogens is 2. The summed E-state index contributed by atoms with van der Waals surface area (Å²) < 4.78 is 1.74. The van der Waals surface area contributed by atoms with E-state index in [1.165, 1.54) is 16.7 Å². The van der Waals surface area contributed by atoms with Gasteiger partial charge in [0.05, 0.1) is 5.69 Å². The average Bonchev–Trinajstić information content (AvgIpc) is 2.65. The number of hydrogen-bond acceptors (Lipinski definition) is 2. The van der Waals surface area contributed by atoms with Crippen LogP contribution in [0.25, 0.3) is 0 Å². The van der Waals surface area contributed by atoms with E-state index in [0.717, 1.165) is 22.8 Å².